The molecule has 0 atom stereocenters. The summed E-state index contributed by atoms with van der Waals surface area (Å²) in [5.74, 6) is -4.82. The van der Waals surface area contributed by atoms with Gasteiger partial charge in [-0.05, 0) is 31.2 Å². The molecule has 0 heterocycles. The molecule has 0 aliphatic heterocycles. The minimum atomic E-state index is -2.74. The number of ketones is 1. The SMILES string of the molecule is CC(=O)c1ccc(O)cc1.O=C(O)CC(O)(CC(=O)O)C(=O)O. The minimum absolute atomic E-state index is 0.0139. The molecule has 0 radical (unpaired) electrons. The van der Waals surface area contributed by atoms with Crippen LogP contribution in [0.4, 0.5) is 0 Å². The maximum absolute atomic E-state index is 10.7. The smallest absolute Gasteiger partial charge is 0.336 e. The molecule has 126 valence electrons. The summed E-state index contributed by atoms with van der Waals surface area (Å²) in [6, 6.07) is 6.18. The minimum Gasteiger partial charge on any atom is -0.508 e. The summed E-state index contributed by atoms with van der Waals surface area (Å²) >= 11 is 0. The van der Waals surface area contributed by atoms with E-state index in [4.69, 9.17) is 25.5 Å². The number of Topliss-reactive ketones (excluding diaryl/α,β-unsaturated/α-hetero) is 1. The number of carbonyl (C=O) groups excluding carboxylic acids is 1. The molecule has 1 aromatic carbocycles. The van der Waals surface area contributed by atoms with Gasteiger partial charge >= 0.3 is 17.9 Å². The Hall–Kier alpha value is -2.94. The van der Waals surface area contributed by atoms with E-state index in [0.717, 1.165) is 0 Å². The van der Waals surface area contributed by atoms with Gasteiger partial charge in [0.15, 0.2) is 11.4 Å². The number of carboxylic acids is 3. The highest BCUT2D eigenvalue weighted by Crippen LogP contribution is 2.15. The number of hydrogen-bond donors (Lipinski definition) is 5. The van der Waals surface area contributed by atoms with Crippen molar-refractivity contribution >= 4 is 23.7 Å². The van der Waals surface area contributed by atoms with Crippen LogP contribution < -0.4 is 0 Å². The van der Waals surface area contributed by atoms with Crippen LogP contribution in [-0.4, -0.2) is 54.8 Å². The monoisotopic (exact) mass is 328 g/mol. The maximum Gasteiger partial charge on any atom is 0.336 e. The van der Waals surface area contributed by atoms with Crippen molar-refractivity contribution in [2.24, 2.45) is 0 Å². The first-order valence-electron chi connectivity index (χ1n) is 6.17. The van der Waals surface area contributed by atoms with Crippen molar-refractivity contribution < 1.29 is 44.7 Å². The van der Waals surface area contributed by atoms with Gasteiger partial charge in [0.25, 0.3) is 0 Å². The number of phenolic OH excluding ortho intramolecular Hbond substituents is 1. The topological polar surface area (TPSA) is 169 Å². The van der Waals surface area contributed by atoms with Crippen LogP contribution in [0.3, 0.4) is 0 Å². The van der Waals surface area contributed by atoms with Crippen LogP contribution >= 0.6 is 0 Å². The van der Waals surface area contributed by atoms with Gasteiger partial charge in [0.1, 0.15) is 5.75 Å². The molecule has 0 saturated heterocycles. The van der Waals surface area contributed by atoms with Gasteiger partial charge in [-0.2, -0.15) is 0 Å². The number of carbonyl (C=O) groups is 4. The molecule has 9 heteroatoms. The van der Waals surface area contributed by atoms with E-state index in [1.165, 1.54) is 19.1 Å². The van der Waals surface area contributed by atoms with Gasteiger partial charge in [-0.25, -0.2) is 4.79 Å². The fourth-order valence-corrected chi connectivity index (χ4v) is 1.41. The second-order valence-electron chi connectivity index (χ2n) is 4.58. The van der Waals surface area contributed by atoms with Crippen LogP contribution in [0, 0.1) is 0 Å². The Morgan fingerprint density at radius 2 is 1.30 bits per heavy atom. The summed E-state index contributed by atoms with van der Waals surface area (Å²) in [4.78, 5) is 41.2. The van der Waals surface area contributed by atoms with Crippen molar-refractivity contribution in [1.82, 2.24) is 0 Å². The second kappa shape index (κ2) is 8.49. The first-order valence-corrected chi connectivity index (χ1v) is 6.17. The van der Waals surface area contributed by atoms with Crippen LogP contribution in [0.25, 0.3) is 0 Å². The van der Waals surface area contributed by atoms with Crippen molar-refractivity contribution in [1.29, 1.82) is 0 Å². The third kappa shape index (κ3) is 7.58. The average molecular weight is 328 g/mol. The molecule has 0 bridgehead atoms. The molecule has 23 heavy (non-hydrogen) atoms. The Morgan fingerprint density at radius 3 is 1.57 bits per heavy atom. The van der Waals surface area contributed by atoms with E-state index < -0.39 is 36.4 Å². The Balaban J connectivity index is 0.000000433. The summed E-state index contributed by atoms with van der Waals surface area (Å²) in [5, 5.41) is 42.6. The van der Waals surface area contributed by atoms with Gasteiger partial charge in [-0.15, -0.1) is 0 Å². The number of aromatic hydroxyl groups is 1. The molecular weight excluding hydrogens is 312 g/mol. The first-order chi connectivity index (χ1) is 10.5. The molecule has 0 spiro atoms. The fourth-order valence-electron chi connectivity index (χ4n) is 1.41. The number of benzene rings is 1. The van der Waals surface area contributed by atoms with E-state index in [2.05, 4.69) is 0 Å². The number of carboxylic acid groups (broad SMARTS) is 3. The Kier molecular flexibility index (Phi) is 7.40. The number of aliphatic carboxylic acids is 3. The molecule has 0 unspecified atom stereocenters. The lowest BCUT2D eigenvalue weighted by Crippen LogP contribution is -2.42. The third-order valence-corrected chi connectivity index (χ3v) is 2.56. The summed E-state index contributed by atoms with van der Waals surface area (Å²) in [6.45, 7) is 1.49. The van der Waals surface area contributed by atoms with Crippen molar-refractivity contribution in [3.63, 3.8) is 0 Å². The molecule has 5 N–H and O–H groups in total. The summed E-state index contributed by atoms with van der Waals surface area (Å²) in [7, 11) is 0. The normalized spacial score (nSPS) is 10.2. The number of hydrogen-bond acceptors (Lipinski definition) is 6. The van der Waals surface area contributed by atoms with Gasteiger partial charge in [0.2, 0.25) is 0 Å². The number of aliphatic hydroxyl groups is 1. The molecule has 9 nitrogen and oxygen atoms in total. The third-order valence-electron chi connectivity index (χ3n) is 2.56. The zero-order valence-electron chi connectivity index (χ0n) is 12.1. The van der Waals surface area contributed by atoms with Crippen LogP contribution in [0.5, 0.6) is 5.75 Å². The van der Waals surface area contributed by atoms with E-state index >= 15 is 0 Å². The van der Waals surface area contributed by atoms with E-state index in [9.17, 15) is 19.2 Å². The van der Waals surface area contributed by atoms with Crippen LogP contribution in [0.15, 0.2) is 24.3 Å². The molecule has 0 amide bonds. The largest absolute Gasteiger partial charge is 0.508 e. The molecule has 0 aliphatic rings. The van der Waals surface area contributed by atoms with E-state index in [1.807, 2.05) is 0 Å². The zero-order chi connectivity index (χ0) is 18.2. The van der Waals surface area contributed by atoms with Crippen LogP contribution in [0.1, 0.15) is 30.1 Å². The summed E-state index contributed by atoms with van der Waals surface area (Å²) < 4.78 is 0. The zero-order valence-corrected chi connectivity index (χ0v) is 12.1. The fraction of sp³-hybridized carbons (Fsp3) is 0.286. The Morgan fingerprint density at radius 1 is 0.913 bits per heavy atom. The number of phenols is 1. The lowest BCUT2D eigenvalue weighted by atomic mass is 9.96. The quantitative estimate of drug-likeness (QED) is 0.462. The van der Waals surface area contributed by atoms with Crippen molar-refractivity contribution in [3.05, 3.63) is 29.8 Å². The van der Waals surface area contributed by atoms with Gasteiger partial charge in [-0.1, -0.05) is 0 Å². The van der Waals surface area contributed by atoms with E-state index in [0.29, 0.717) is 5.56 Å². The Bertz CT molecular complexity index is 573. The predicted molar refractivity (Wildman–Crippen MR) is 75.2 cm³/mol. The first kappa shape index (κ1) is 20.1. The highest BCUT2D eigenvalue weighted by molar-refractivity contribution is 5.94. The molecule has 0 aromatic heterocycles. The predicted octanol–water partition coefficient (Wildman–Crippen LogP) is 0.346. The lowest BCUT2D eigenvalue weighted by Gasteiger charge is -2.18. The van der Waals surface area contributed by atoms with Crippen LogP contribution in [0.2, 0.25) is 0 Å². The van der Waals surface area contributed by atoms with Gasteiger partial charge in [-0.3, -0.25) is 14.4 Å². The number of rotatable bonds is 6. The summed E-state index contributed by atoms with van der Waals surface area (Å²) in [6.07, 6.45) is -2.29. The standard InChI is InChI=1S/C8H8O2.C6H8O7/c1-6(9)7-2-4-8(10)5-3-7;7-3(8)1-6(13,5(11)12)2-4(9)10/h2-5,10H,1H3;13H,1-2H2,(H,7,8)(H,9,10)(H,11,12). The van der Waals surface area contributed by atoms with E-state index in [1.54, 1.807) is 12.1 Å². The molecule has 1 rings (SSSR count). The van der Waals surface area contributed by atoms with E-state index in [-0.39, 0.29) is 11.5 Å². The van der Waals surface area contributed by atoms with Crippen molar-refractivity contribution in [2.75, 3.05) is 0 Å². The molecular formula is C14H16O9. The lowest BCUT2D eigenvalue weighted by molar-refractivity contribution is -0.170. The van der Waals surface area contributed by atoms with Crippen molar-refractivity contribution in [2.45, 2.75) is 25.4 Å². The molecule has 0 fully saturated rings. The van der Waals surface area contributed by atoms with Gasteiger partial charge in [0.05, 0.1) is 12.8 Å². The molecule has 0 aliphatic carbocycles. The van der Waals surface area contributed by atoms with Crippen molar-refractivity contribution in [3.8, 4) is 5.75 Å². The average Bonchev–Trinajstić information content (AvgIpc) is 2.37. The summed E-state index contributed by atoms with van der Waals surface area (Å²) in [5.41, 5.74) is -2.12. The highest BCUT2D eigenvalue weighted by Gasteiger charge is 2.40. The maximum atomic E-state index is 10.7. The molecule has 0 saturated carbocycles. The molecule has 1 aromatic rings. The highest BCUT2D eigenvalue weighted by atomic mass is 16.4. The second-order valence-corrected chi connectivity index (χ2v) is 4.58. The van der Waals surface area contributed by atoms with Gasteiger partial charge < -0.3 is 25.5 Å². The van der Waals surface area contributed by atoms with Crippen LogP contribution in [-0.2, 0) is 14.4 Å². The van der Waals surface area contributed by atoms with Gasteiger partial charge in [0, 0.05) is 5.56 Å². The Labute approximate surface area is 130 Å².